The number of halogens is 3. The van der Waals surface area contributed by atoms with Crippen LogP contribution in [-0.4, -0.2) is 18.6 Å². The third-order valence-corrected chi connectivity index (χ3v) is 3.18. The molecule has 0 spiro atoms. The molecule has 1 rings (SSSR count). The molecule has 1 amide bonds. The van der Waals surface area contributed by atoms with Crippen molar-refractivity contribution in [2.75, 3.05) is 0 Å². The van der Waals surface area contributed by atoms with E-state index in [1.165, 1.54) is 12.1 Å². The van der Waals surface area contributed by atoms with Crippen molar-refractivity contribution in [1.29, 1.82) is 0 Å². The van der Waals surface area contributed by atoms with Crippen LogP contribution in [0.1, 0.15) is 39.3 Å². The van der Waals surface area contributed by atoms with Gasteiger partial charge in [-0.1, -0.05) is 32.9 Å². The zero-order valence-electron chi connectivity index (χ0n) is 13.1. The van der Waals surface area contributed by atoms with Crippen molar-refractivity contribution in [2.24, 2.45) is 11.1 Å². The largest absolute Gasteiger partial charge is 0.435 e. The van der Waals surface area contributed by atoms with E-state index < -0.39 is 12.7 Å². The molecule has 22 heavy (non-hydrogen) atoms. The fourth-order valence-electron chi connectivity index (χ4n) is 1.72. The van der Waals surface area contributed by atoms with Crippen LogP contribution in [0.25, 0.3) is 0 Å². The van der Waals surface area contributed by atoms with Crippen molar-refractivity contribution in [3.63, 3.8) is 0 Å². The maximum absolute atomic E-state index is 12.1. The average molecular weight is 337 g/mol. The second kappa shape index (κ2) is 8.29. The second-order valence-corrected chi connectivity index (χ2v) is 6.02. The Morgan fingerprint density at radius 1 is 1.23 bits per heavy atom. The molecule has 0 aliphatic rings. The lowest BCUT2D eigenvalue weighted by Crippen LogP contribution is -2.49. The zero-order valence-corrected chi connectivity index (χ0v) is 13.9. The normalized spacial score (nSPS) is 14.0. The third-order valence-electron chi connectivity index (χ3n) is 3.18. The summed E-state index contributed by atoms with van der Waals surface area (Å²) < 4.78 is 28.4. The number of nitrogens with two attached hydrogens (primary N) is 1. The third kappa shape index (κ3) is 6.15. The first-order chi connectivity index (χ1) is 9.61. The lowest BCUT2D eigenvalue weighted by molar-refractivity contribution is -0.125. The highest BCUT2D eigenvalue weighted by Gasteiger charge is 2.28. The predicted molar refractivity (Wildman–Crippen MR) is 84.3 cm³/mol. The molecule has 0 heterocycles. The van der Waals surface area contributed by atoms with Gasteiger partial charge in [-0.05, 0) is 30.0 Å². The van der Waals surface area contributed by atoms with Gasteiger partial charge < -0.3 is 15.8 Å². The Hall–Kier alpha value is -1.40. The maximum atomic E-state index is 12.1. The number of nitrogens with one attached hydrogen (secondary N) is 1. The Morgan fingerprint density at radius 3 is 2.14 bits per heavy atom. The van der Waals surface area contributed by atoms with Gasteiger partial charge in [-0.25, -0.2) is 0 Å². The minimum Gasteiger partial charge on any atom is -0.435 e. The van der Waals surface area contributed by atoms with Gasteiger partial charge in [-0.15, -0.1) is 12.4 Å². The number of benzene rings is 1. The first kappa shape index (κ1) is 20.6. The lowest BCUT2D eigenvalue weighted by Gasteiger charge is -2.27. The number of alkyl halides is 2. The topological polar surface area (TPSA) is 64.4 Å². The number of rotatable bonds is 5. The summed E-state index contributed by atoms with van der Waals surface area (Å²) in [7, 11) is 0. The van der Waals surface area contributed by atoms with E-state index in [0.29, 0.717) is 0 Å². The SMILES string of the molecule is CC(NC(=O)[C@@H](N)C(C)(C)C)c1ccc(OC(F)F)cc1.Cl. The molecule has 1 unspecified atom stereocenters. The van der Waals surface area contributed by atoms with Gasteiger partial charge in [0, 0.05) is 0 Å². The Balaban J connectivity index is 0.00000441. The highest BCUT2D eigenvalue weighted by molar-refractivity contribution is 5.85. The molecule has 0 aliphatic carbocycles. The predicted octanol–water partition coefficient (Wildman–Crippen LogP) is 3.26. The van der Waals surface area contributed by atoms with Crippen molar-refractivity contribution in [3.8, 4) is 5.75 Å². The Bertz CT molecular complexity index is 475. The first-order valence-electron chi connectivity index (χ1n) is 6.72. The van der Waals surface area contributed by atoms with Crippen LogP contribution in [0.2, 0.25) is 0 Å². The summed E-state index contributed by atoms with van der Waals surface area (Å²) >= 11 is 0. The van der Waals surface area contributed by atoms with Crippen LogP contribution < -0.4 is 15.8 Å². The van der Waals surface area contributed by atoms with Crippen molar-refractivity contribution in [1.82, 2.24) is 5.32 Å². The molecular weight excluding hydrogens is 314 g/mol. The Morgan fingerprint density at radius 2 is 1.73 bits per heavy atom. The number of hydrogen-bond acceptors (Lipinski definition) is 3. The fourth-order valence-corrected chi connectivity index (χ4v) is 1.72. The summed E-state index contributed by atoms with van der Waals surface area (Å²) in [6.07, 6.45) is 0. The van der Waals surface area contributed by atoms with Crippen LogP contribution in [0.15, 0.2) is 24.3 Å². The number of ether oxygens (including phenoxy) is 1. The molecule has 1 aromatic rings. The van der Waals surface area contributed by atoms with Crippen molar-refractivity contribution >= 4 is 18.3 Å². The van der Waals surface area contributed by atoms with E-state index in [1.54, 1.807) is 19.1 Å². The van der Waals surface area contributed by atoms with Crippen LogP contribution in [-0.2, 0) is 4.79 Å². The smallest absolute Gasteiger partial charge is 0.387 e. The van der Waals surface area contributed by atoms with Crippen LogP contribution in [0.4, 0.5) is 8.78 Å². The summed E-state index contributed by atoms with van der Waals surface area (Å²) in [5, 5.41) is 2.81. The van der Waals surface area contributed by atoms with Crippen LogP contribution in [0, 0.1) is 5.41 Å². The molecule has 1 aromatic carbocycles. The molecule has 7 heteroatoms. The van der Waals surface area contributed by atoms with Crippen LogP contribution in [0.5, 0.6) is 5.75 Å². The fraction of sp³-hybridized carbons (Fsp3) is 0.533. The van der Waals surface area contributed by atoms with E-state index in [9.17, 15) is 13.6 Å². The molecule has 126 valence electrons. The van der Waals surface area contributed by atoms with Gasteiger partial charge in [0.05, 0.1) is 12.1 Å². The van der Waals surface area contributed by atoms with Gasteiger partial charge in [-0.2, -0.15) is 8.78 Å². The van der Waals surface area contributed by atoms with E-state index in [0.717, 1.165) is 5.56 Å². The van der Waals surface area contributed by atoms with E-state index in [-0.39, 0.29) is 35.5 Å². The summed E-state index contributed by atoms with van der Waals surface area (Å²) in [6, 6.07) is 5.24. The highest BCUT2D eigenvalue weighted by atomic mass is 35.5. The molecule has 0 radical (unpaired) electrons. The summed E-state index contributed by atoms with van der Waals surface area (Å²) in [6.45, 7) is 4.61. The van der Waals surface area contributed by atoms with Gasteiger partial charge in [0.15, 0.2) is 0 Å². The lowest BCUT2D eigenvalue weighted by atomic mass is 9.86. The number of hydrogen-bond donors (Lipinski definition) is 2. The Kier molecular flexibility index (Phi) is 7.76. The van der Waals surface area contributed by atoms with Gasteiger partial charge in [0.1, 0.15) is 5.75 Å². The quantitative estimate of drug-likeness (QED) is 0.867. The molecule has 2 atom stereocenters. The Labute approximate surface area is 135 Å². The summed E-state index contributed by atoms with van der Waals surface area (Å²) in [4.78, 5) is 12.0. The van der Waals surface area contributed by atoms with Gasteiger partial charge in [0.2, 0.25) is 5.91 Å². The average Bonchev–Trinajstić information content (AvgIpc) is 2.36. The molecule has 0 aliphatic heterocycles. The molecule has 0 saturated heterocycles. The highest BCUT2D eigenvalue weighted by Crippen LogP contribution is 2.21. The van der Waals surface area contributed by atoms with Crippen molar-refractivity contribution < 1.29 is 18.3 Å². The van der Waals surface area contributed by atoms with Gasteiger partial charge in [-0.3, -0.25) is 4.79 Å². The molecule has 0 saturated carbocycles. The second-order valence-electron chi connectivity index (χ2n) is 6.02. The minimum atomic E-state index is -2.85. The first-order valence-corrected chi connectivity index (χ1v) is 6.72. The molecule has 4 nitrogen and oxygen atoms in total. The minimum absolute atomic E-state index is 0. The van der Waals surface area contributed by atoms with Crippen LogP contribution in [0.3, 0.4) is 0 Å². The van der Waals surface area contributed by atoms with Crippen LogP contribution >= 0.6 is 12.4 Å². The number of carbonyl (C=O) groups is 1. The maximum Gasteiger partial charge on any atom is 0.387 e. The summed E-state index contributed by atoms with van der Waals surface area (Å²) in [5.41, 5.74) is 6.33. The van der Waals surface area contributed by atoms with Crippen molar-refractivity contribution in [3.05, 3.63) is 29.8 Å². The molecule has 0 bridgehead atoms. The molecular formula is C15H23ClF2N2O2. The zero-order chi connectivity index (χ0) is 16.2. The van der Waals surface area contributed by atoms with E-state index in [1.807, 2.05) is 20.8 Å². The molecule has 0 aromatic heterocycles. The summed E-state index contributed by atoms with van der Waals surface area (Å²) in [5.74, 6) is -0.165. The van der Waals surface area contributed by atoms with E-state index >= 15 is 0 Å². The molecule has 3 N–H and O–H groups in total. The number of carbonyl (C=O) groups excluding carboxylic acids is 1. The van der Waals surface area contributed by atoms with E-state index in [2.05, 4.69) is 10.1 Å². The monoisotopic (exact) mass is 336 g/mol. The number of amides is 1. The van der Waals surface area contributed by atoms with E-state index in [4.69, 9.17) is 5.73 Å². The van der Waals surface area contributed by atoms with Gasteiger partial charge in [0.25, 0.3) is 0 Å². The van der Waals surface area contributed by atoms with Gasteiger partial charge >= 0.3 is 6.61 Å². The standard InChI is InChI=1S/C15H22F2N2O2.ClH/c1-9(19-13(20)12(18)15(2,3)4)10-5-7-11(8-6-10)21-14(16)17;/h5-9,12,14H,18H2,1-4H3,(H,19,20);1H/t9?,12-;/m1./s1. The van der Waals surface area contributed by atoms with Crippen molar-refractivity contribution in [2.45, 2.75) is 46.4 Å². The molecule has 0 fully saturated rings.